The molecule has 1 heterocycles. The number of nitrogens with zero attached hydrogens (tertiary/aromatic N) is 1. The highest BCUT2D eigenvalue weighted by molar-refractivity contribution is 5.79. The number of hydrogen-bond donors (Lipinski definition) is 2. The Bertz CT molecular complexity index is 569. The fourth-order valence-electron chi connectivity index (χ4n) is 3.78. The molecule has 158 valence electrons. The topological polar surface area (TPSA) is 54.9 Å². The minimum atomic E-state index is 0.167. The summed E-state index contributed by atoms with van der Waals surface area (Å²) in [5.74, 6) is 1.39. The van der Waals surface area contributed by atoms with Crippen molar-refractivity contribution in [1.29, 1.82) is 0 Å². The highest BCUT2D eigenvalue weighted by Gasteiger charge is 2.35. The van der Waals surface area contributed by atoms with Crippen molar-refractivity contribution in [3.63, 3.8) is 0 Å². The van der Waals surface area contributed by atoms with Crippen molar-refractivity contribution >= 4 is 5.96 Å². The van der Waals surface area contributed by atoms with Gasteiger partial charge in [0.05, 0.1) is 12.7 Å². The van der Waals surface area contributed by atoms with Crippen molar-refractivity contribution in [3.8, 4) is 0 Å². The van der Waals surface area contributed by atoms with E-state index in [-0.39, 0.29) is 5.41 Å². The van der Waals surface area contributed by atoms with E-state index in [1.165, 1.54) is 12.0 Å². The van der Waals surface area contributed by atoms with Gasteiger partial charge in [-0.1, -0.05) is 51.1 Å². The maximum atomic E-state index is 6.07. The van der Waals surface area contributed by atoms with Gasteiger partial charge in [-0.3, -0.25) is 4.99 Å². The molecule has 1 saturated heterocycles. The fourth-order valence-corrected chi connectivity index (χ4v) is 3.78. The summed E-state index contributed by atoms with van der Waals surface area (Å²) >= 11 is 0. The van der Waals surface area contributed by atoms with Gasteiger partial charge in [0.15, 0.2) is 5.96 Å². The van der Waals surface area contributed by atoms with Gasteiger partial charge in [0, 0.05) is 39.3 Å². The number of aliphatic imine (C=N–C) groups is 1. The Morgan fingerprint density at radius 3 is 2.68 bits per heavy atom. The molecule has 2 rings (SSSR count). The van der Waals surface area contributed by atoms with Crippen LogP contribution in [0, 0.1) is 11.3 Å². The van der Waals surface area contributed by atoms with E-state index in [2.05, 4.69) is 60.7 Å². The first kappa shape index (κ1) is 22.7. The summed E-state index contributed by atoms with van der Waals surface area (Å²) in [5.41, 5.74) is 1.49. The standard InChI is InChI=1S/C23H39N3O2/c1-23(2,3)21-20(12-8-16-28-21)18-26-22(24-4)25-14-9-15-27-17-13-19-10-6-5-7-11-19/h5-7,10-11,20-21H,8-9,12-18H2,1-4H3,(H2,24,25,26). The summed E-state index contributed by atoms with van der Waals surface area (Å²) < 4.78 is 11.8. The Balaban J connectivity index is 1.58. The third kappa shape index (κ3) is 8.19. The van der Waals surface area contributed by atoms with Crippen molar-refractivity contribution in [1.82, 2.24) is 10.6 Å². The van der Waals surface area contributed by atoms with E-state index in [0.29, 0.717) is 12.0 Å². The van der Waals surface area contributed by atoms with E-state index in [4.69, 9.17) is 9.47 Å². The molecule has 0 saturated carbocycles. The van der Waals surface area contributed by atoms with Gasteiger partial charge in [-0.2, -0.15) is 0 Å². The molecule has 0 aromatic heterocycles. The van der Waals surface area contributed by atoms with Gasteiger partial charge in [0.1, 0.15) is 0 Å². The molecule has 5 heteroatoms. The minimum Gasteiger partial charge on any atom is -0.381 e. The minimum absolute atomic E-state index is 0.167. The molecular formula is C23H39N3O2. The third-order valence-corrected chi connectivity index (χ3v) is 5.19. The largest absolute Gasteiger partial charge is 0.381 e. The van der Waals surface area contributed by atoms with Gasteiger partial charge in [-0.15, -0.1) is 0 Å². The second-order valence-electron chi connectivity index (χ2n) is 8.64. The lowest BCUT2D eigenvalue weighted by molar-refractivity contribution is -0.0835. The van der Waals surface area contributed by atoms with E-state index in [9.17, 15) is 0 Å². The molecular weight excluding hydrogens is 350 g/mol. The lowest BCUT2D eigenvalue weighted by Gasteiger charge is -2.40. The van der Waals surface area contributed by atoms with Gasteiger partial charge in [0.25, 0.3) is 0 Å². The smallest absolute Gasteiger partial charge is 0.190 e. The van der Waals surface area contributed by atoms with Crippen LogP contribution in [0.3, 0.4) is 0 Å². The third-order valence-electron chi connectivity index (χ3n) is 5.19. The number of guanidine groups is 1. The number of hydrogen-bond acceptors (Lipinski definition) is 3. The van der Waals surface area contributed by atoms with Gasteiger partial charge in [-0.25, -0.2) is 0 Å². The average Bonchev–Trinajstić information content (AvgIpc) is 2.70. The summed E-state index contributed by atoms with van der Waals surface area (Å²) in [5, 5.41) is 6.87. The zero-order valence-corrected chi connectivity index (χ0v) is 18.2. The molecule has 1 aliphatic heterocycles. The molecule has 2 N–H and O–H groups in total. The Hall–Kier alpha value is -1.59. The molecule has 0 radical (unpaired) electrons. The van der Waals surface area contributed by atoms with Gasteiger partial charge < -0.3 is 20.1 Å². The van der Waals surface area contributed by atoms with Crippen LogP contribution in [0.4, 0.5) is 0 Å². The Labute approximate surface area is 171 Å². The second kappa shape index (κ2) is 12.1. The molecule has 1 aliphatic rings. The van der Waals surface area contributed by atoms with E-state index >= 15 is 0 Å². The van der Waals surface area contributed by atoms with Crippen LogP contribution < -0.4 is 10.6 Å². The molecule has 0 aliphatic carbocycles. The first-order chi connectivity index (χ1) is 13.5. The monoisotopic (exact) mass is 389 g/mol. The van der Waals surface area contributed by atoms with Gasteiger partial charge in [0.2, 0.25) is 0 Å². The average molecular weight is 390 g/mol. The highest BCUT2D eigenvalue weighted by Crippen LogP contribution is 2.33. The number of ether oxygens (including phenoxy) is 2. The molecule has 1 aromatic rings. The first-order valence-corrected chi connectivity index (χ1v) is 10.7. The highest BCUT2D eigenvalue weighted by atomic mass is 16.5. The number of rotatable bonds is 9. The molecule has 1 fully saturated rings. The summed E-state index contributed by atoms with van der Waals surface area (Å²) in [4.78, 5) is 4.35. The molecule has 2 atom stereocenters. The van der Waals surface area contributed by atoms with Crippen LogP contribution in [0.15, 0.2) is 35.3 Å². The SMILES string of the molecule is CN=C(NCCCOCCc1ccccc1)NCC1CCCOC1C(C)(C)C. The second-order valence-corrected chi connectivity index (χ2v) is 8.64. The lowest BCUT2D eigenvalue weighted by Crippen LogP contribution is -2.47. The van der Waals surface area contributed by atoms with Crippen molar-refractivity contribution < 1.29 is 9.47 Å². The number of benzene rings is 1. The maximum absolute atomic E-state index is 6.07. The maximum Gasteiger partial charge on any atom is 0.190 e. The molecule has 0 spiro atoms. The van der Waals surface area contributed by atoms with E-state index in [0.717, 1.165) is 58.1 Å². The van der Waals surface area contributed by atoms with Crippen molar-refractivity contribution in [2.45, 2.75) is 52.6 Å². The van der Waals surface area contributed by atoms with Crippen molar-refractivity contribution in [2.24, 2.45) is 16.3 Å². The predicted octanol–water partition coefficient (Wildman–Crippen LogP) is 3.64. The summed E-state index contributed by atoms with van der Waals surface area (Å²) in [6.45, 7) is 11.0. The molecule has 2 unspecified atom stereocenters. The molecule has 28 heavy (non-hydrogen) atoms. The first-order valence-electron chi connectivity index (χ1n) is 10.7. The van der Waals surface area contributed by atoms with E-state index < -0.39 is 0 Å². The van der Waals surface area contributed by atoms with Gasteiger partial charge >= 0.3 is 0 Å². The van der Waals surface area contributed by atoms with Crippen LogP contribution in [-0.2, 0) is 15.9 Å². The summed E-state index contributed by atoms with van der Waals surface area (Å²) in [6.07, 6.45) is 4.58. The molecule has 1 aromatic carbocycles. The number of nitrogens with one attached hydrogen (secondary N) is 2. The molecule has 5 nitrogen and oxygen atoms in total. The van der Waals surface area contributed by atoms with Crippen LogP contribution in [-0.4, -0.2) is 52.0 Å². The van der Waals surface area contributed by atoms with Crippen molar-refractivity contribution in [2.75, 3.05) is 40.0 Å². The zero-order chi connectivity index (χ0) is 20.2. The quantitative estimate of drug-likeness (QED) is 0.385. The molecule has 0 bridgehead atoms. The van der Waals surface area contributed by atoms with E-state index in [1.807, 2.05) is 13.1 Å². The van der Waals surface area contributed by atoms with Crippen molar-refractivity contribution in [3.05, 3.63) is 35.9 Å². The fraction of sp³-hybridized carbons (Fsp3) is 0.696. The lowest BCUT2D eigenvalue weighted by atomic mass is 9.78. The van der Waals surface area contributed by atoms with Crippen LogP contribution in [0.2, 0.25) is 0 Å². The Kier molecular flexibility index (Phi) is 9.79. The summed E-state index contributed by atoms with van der Waals surface area (Å²) in [7, 11) is 1.82. The summed E-state index contributed by atoms with van der Waals surface area (Å²) in [6, 6.07) is 10.5. The normalized spacial score (nSPS) is 20.8. The Morgan fingerprint density at radius 1 is 1.18 bits per heavy atom. The van der Waals surface area contributed by atoms with Crippen LogP contribution in [0.25, 0.3) is 0 Å². The van der Waals surface area contributed by atoms with Crippen LogP contribution in [0.1, 0.15) is 45.6 Å². The van der Waals surface area contributed by atoms with E-state index in [1.54, 1.807) is 0 Å². The predicted molar refractivity (Wildman–Crippen MR) is 117 cm³/mol. The van der Waals surface area contributed by atoms with Crippen LogP contribution >= 0.6 is 0 Å². The zero-order valence-electron chi connectivity index (χ0n) is 18.2. The van der Waals surface area contributed by atoms with Gasteiger partial charge in [-0.05, 0) is 36.7 Å². The Morgan fingerprint density at radius 2 is 1.96 bits per heavy atom. The van der Waals surface area contributed by atoms with Crippen LogP contribution in [0.5, 0.6) is 0 Å². The molecule has 0 amide bonds.